The van der Waals surface area contributed by atoms with E-state index in [4.69, 9.17) is 4.74 Å². The van der Waals surface area contributed by atoms with Crippen LogP contribution in [0.25, 0.3) is 0 Å². The molecule has 4 aliphatic rings. The Bertz CT molecular complexity index is 996. The van der Waals surface area contributed by atoms with Crippen LogP contribution in [0.4, 0.5) is 9.18 Å². The van der Waals surface area contributed by atoms with Crippen molar-refractivity contribution in [2.24, 2.45) is 17.3 Å². The van der Waals surface area contributed by atoms with E-state index in [1.54, 1.807) is 0 Å². The van der Waals surface area contributed by atoms with Gasteiger partial charge in [-0.3, -0.25) is 9.69 Å². The van der Waals surface area contributed by atoms with Crippen molar-refractivity contribution in [3.05, 3.63) is 35.6 Å². The fourth-order valence-corrected chi connectivity index (χ4v) is 7.84. The lowest BCUT2D eigenvalue weighted by Gasteiger charge is -2.51. The molecule has 2 heterocycles. The minimum Gasteiger partial charge on any atom is -0.447 e. The molecule has 7 heteroatoms. The number of carbonyl (C=O) groups is 2. The van der Waals surface area contributed by atoms with Crippen molar-refractivity contribution in [1.29, 1.82) is 0 Å². The molecule has 210 valence electrons. The number of hydrogen-bond donors (Lipinski definition) is 0. The quantitative estimate of drug-likeness (QED) is 0.478. The Morgan fingerprint density at radius 3 is 2.29 bits per heavy atom. The van der Waals surface area contributed by atoms with Gasteiger partial charge in [-0.05, 0) is 101 Å². The minimum atomic E-state index is -0.293. The third-order valence-electron chi connectivity index (χ3n) is 10.4. The zero-order valence-corrected chi connectivity index (χ0v) is 23.8. The second-order valence-electron chi connectivity index (χ2n) is 13.3. The molecule has 2 saturated heterocycles. The van der Waals surface area contributed by atoms with Crippen LogP contribution in [0.3, 0.4) is 0 Å². The first-order chi connectivity index (χ1) is 18.1. The molecule has 3 atom stereocenters. The first-order valence-electron chi connectivity index (χ1n) is 14.7. The molecule has 0 N–H and O–H groups in total. The highest BCUT2D eigenvalue weighted by Crippen LogP contribution is 2.49. The first-order valence-corrected chi connectivity index (χ1v) is 14.7. The van der Waals surface area contributed by atoms with Crippen LogP contribution >= 0.6 is 0 Å². The van der Waals surface area contributed by atoms with Crippen LogP contribution in [0, 0.1) is 23.1 Å². The smallest absolute Gasteiger partial charge is 0.410 e. The minimum absolute atomic E-state index is 0.0377. The van der Waals surface area contributed by atoms with Crippen LogP contribution in [0.1, 0.15) is 83.1 Å². The molecular weight excluding hydrogens is 481 g/mol. The molecule has 2 amide bonds. The molecule has 3 unspecified atom stereocenters. The number of amides is 2. The van der Waals surface area contributed by atoms with E-state index in [1.807, 2.05) is 17.0 Å². The summed E-state index contributed by atoms with van der Waals surface area (Å²) in [5.41, 5.74) is 0.812. The average molecular weight is 528 g/mol. The zero-order valence-electron chi connectivity index (χ0n) is 23.8. The summed E-state index contributed by atoms with van der Waals surface area (Å²) >= 11 is 0. The van der Waals surface area contributed by atoms with Gasteiger partial charge in [0, 0.05) is 31.6 Å². The largest absolute Gasteiger partial charge is 0.447 e. The van der Waals surface area contributed by atoms with Gasteiger partial charge in [0.15, 0.2) is 0 Å². The number of benzene rings is 1. The molecule has 1 aromatic carbocycles. The number of rotatable bonds is 6. The summed E-state index contributed by atoms with van der Waals surface area (Å²) in [5.74, 6) is 0.637. The number of carbonyl (C=O) groups excluding carboxylic acids is 2. The molecule has 0 spiro atoms. The topological polar surface area (TPSA) is 53.1 Å². The van der Waals surface area contributed by atoms with Gasteiger partial charge in [0.25, 0.3) is 0 Å². The number of likely N-dealkylation sites (tertiary alicyclic amines) is 1. The second-order valence-corrected chi connectivity index (χ2v) is 13.3. The van der Waals surface area contributed by atoms with E-state index in [0.717, 1.165) is 50.9 Å². The van der Waals surface area contributed by atoms with E-state index in [2.05, 4.69) is 37.7 Å². The third kappa shape index (κ3) is 5.32. The molecule has 5 rings (SSSR count). The van der Waals surface area contributed by atoms with Crippen molar-refractivity contribution in [3.63, 3.8) is 0 Å². The van der Waals surface area contributed by atoms with Gasteiger partial charge >= 0.3 is 6.09 Å². The van der Waals surface area contributed by atoms with Crippen molar-refractivity contribution >= 4 is 12.0 Å². The van der Waals surface area contributed by atoms with Gasteiger partial charge in [0.1, 0.15) is 12.4 Å². The molecule has 2 saturated carbocycles. The molecule has 0 bridgehead atoms. The summed E-state index contributed by atoms with van der Waals surface area (Å²) in [5, 5.41) is 0. The van der Waals surface area contributed by atoms with E-state index < -0.39 is 0 Å². The van der Waals surface area contributed by atoms with E-state index >= 15 is 0 Å². The molecule has 0 radical (unpaired) electrons. The zero-order chi connectivity index (χ0) is 27.1. The lowest BCUT2D eigenvalue weighted by Crippen LogP contribution is -2.55. The maximum absolute atomic E-state index is 14.1. The predicted octanol–water partition coefficient (Wildman–Crippen LogP) is 5.67. The summed E-state index contributed by atoms with van der Waals surface area (Å²) in [7, 11) is 4.17. The molecule has 38 heavy (non-hydrogen) atoms. The van der Waals surface area contributed by atoms with Crippen molar-refractivity contribution in [1.82, 2.24) is 14.7 Å². The first kappa shape index (κ1) is 27.4. The van der Waals surface area contributed by atoms with Gasteiger partial charge in [-0.25, -0.2) is 9.18 Å². The molecule has 2 aliphatic carbocycles. The number of nitrogens with zero attached hydrogens (tertiary/aromatic N) is 3. The molecule has 0 aromatic heterocycles. The molecule has 2 aliphatic heterocycles. The Hall–Kier alpha value is -2.15. The van der Waals surface area contributed by atoms with E-state index in [0.29, 0.717) is 18.6 Å². The van der Waals surface area contributed by atoms with Crippen LogP contribution in [0.5, 0.6) is 0 Å². The van der Waals surface area contributed by atoms with Gasteiger partial charge < -0.3 is 14.5 Å². The van der Waals surface area contributed by atoms with Gasteiger partial charge in [-0.1, -0.05) is 31.4 Å². The fourth-order valence-electron chi connectivity index (χ4n) is 7.84. The average Bonchev–Trinajstić information content (AvgIpc) is 3.47. The maximum Gasteiger partial charge on any atom is 0.410 e. The highest BCUT2D eigenvalue weighted by molar-refractivity contribution is 5.80. The number of cyclic esters (lactones) is 1. The van der Waals surface area contributed by atoms with Crippen LogP contribution in [0.2, 0.25) is 0 Å². The van der Waals surface area contributed by atoms with Gasteiger partial charge in [0.05, 0.1) is 5.54 Å². The Morgan fingerprint density at radius 2 is 1.71 bits per heavy atom. The third-order valence-corrected chi connectivity index (χ3v) is 10.4. The Balaban J connectivity index is 1.33. The summed E-state index contributed by atoms with van der Waals surface area (Å²) in [6.45, 7) is 6.87. The number of hydrogen-bond acceptors (Lipinski definition) is 4. The second kappa shape index (κ2) is 10.8. The predicted molar refractivity (Wildman–Crippen MR) is 146 cm³/mol. The number of ether oxygens (including phenoxy) is 1. The summed E-state index contributed by atoms with van der Waals surface area (Å²) in [4.78, 5) is 33.1. The van der Waals surface area contributed by atoms with Gasteiger partial charge in [0.2, 0.25) is 5.91 Å². The molecule has 4 fully saturated rings. The van der Waals surface area contributed by atoms with Crippen LogP contribution in [-0.4, -0.2) is 78.6 Å². The van der Waals surface area contributed by atoms with Crippen molar-refractivity contribution < 1.29 is 18.7 Å². The number of halogens is 1. The summed E-state index contributed by atoms with van der Waals surface area (Å²) < 4.78 is 19.1. The van der Waals surface area contributed by atoms with Crippen LogP contribution in [-0.2, 0) is 9.53 Å². The molecule has 1 aromatic rings. The van der Waals surface area contributed by atoms with Gasteiger partial charge in [-0.15, -0.1) is 0 Å². The van der Waals surface area contributed by atoms with Crippen LogP contribution in [0.15, 0.2) is 24.3 Å². The van der Waals surface area contributed by atoms with Crippen molar-refractivity contribution in [2.45, 2.75) is 89.1 Å². The highest BCUT2D eigenvalue weighted by Gasteiger charge is 2.50. The maximum atomic E-state index is 14.1. The normalized spacial score (nSPS) is 29.6. The molecule has 6 nitrogen and oxygen atoms in total. The monoisotopic (exact) mass is 527 g/mol. The summed E-state index contributed by atoms with van der Waals surface area (Å²) in [6.07, 6.45) is 9.70. The van der Waals surface area contributed by atoms with Crippen LogP contribution < -0.4 is 0 Å². The lowest BCUT2D eigenvalue weighted by molar-refractivity contribution is -0.139. The highest BCUT2D eigenvalue weighted by atomic mass is 19.1. The Morgan fingerprint density at radius 1 is 1.05 bits per heavy atom. The Labute approximate surface area is 227 Å². The van der Waals surface area contributed by atoms with Crippen molar-refractivity contribution in [3.8, 4) is 0 Å². The van der Waals surface area contributed by atoms with Gasteiger partial charge in [-0.2, -0.15) is 0 Å². The standard InChI is InChI=1S/C31H46FN3O3/c1-30(2)21-38-29(37)35(30)20-31(23-8-6-5-7-9-23)14-16-34(17-15-31)28(36)27-19-25(33(3)4)18-26(27)22-10-12-24(32)13-11-22/h10-13,23,25-27H,5-9,14-21H2,1-4H3. The number of piperidine rings is 1. The summed E-state index contributed by atoms with van der Waals surface area (Å²) in [6, 6.07) is 7.10. The molecular formula is C31H46FN3O3. The SMILES string of the molecule is CN(C)C1CC(C(=O)N2CCC(CN3C(=O)OCC3(C)C)(C3CCCCC3)CC2)C(c2ccc(F)cc2)C1. The Kier molecular flexibility index (Phi) is 7.78. The van der Waals surface area contributed by atoms with Crippen molar-refractivity contribution in [2.75, 3.05) is 40.3 Å². The van der Waals surface area contributed by atoms with E-state index in [9.17, 15) is 14.0 Å². The van der Waals surface area contributed by atoms with E-state index in [1.165, 1.54) is 44.2 Å². The van der Waals surface area contributed by atoms with E-state index in [-0.39, 0.29) is 40.6 Å². The fraction of sp³-hybridized carbons (Fsp3) is 0.742. The lowest BCUT2D eigenvalue weighted by atomic mass is 9.63.